The lowest BCUT2D eigenvalue weighted by Crippen LogP contribution is -2.31. The van der Waals surface area contributed by atoms with Gasteiger partial charge in [-0.15, -0.1) is 0 Å². The second kappa shape index (κ2) is 4.56. The predicted octanol–water partition coefficient (Wildman–Crippen LogP) is 1.05. The first-order valence-corrected chi connectivity index (χ1v) is 5.78. The van der Waals surface area contributed by atoms with Crippen LogP contribution < -0.4 is 0 Å². The second-order valence-electron chi connectivity index (χ2n) is 4.31. The Morgan fingerprint density at radius 3 is 2.59 bits per heavy atom. The number of hydrogen-bond donors (Lipinski definition) is 0. The van der Waals surface area contributed by atoms with Crippen LogP contribution in [-0.4, -0.2) is 43.9 Å². The zero-order valence-electron chi connectivity index (χ0n) is 9.37. The highest BCUT2D eigenvalue weighted by Gasteiger charge is 2.40. The molecular formula is C13H14O4. The van der Waals surface area contributed by atoms with Crippen LogP contribution in [0.25, 0.3) is 0 Å². The molecule has 0 amide bonds. The number of epoxide rings is 2. The summed E-state index contributed by atoms with van der Waals surface area (Å²) in [5.41, 5.74) is 0.671. The lowest BCUT2D eigenvalue weighted by Gasteiger charge is -2.13. The third-order valence-electron chi connectivity index (χ3n) is 2.88. The van der Waals surface area contributed by atoms with Crippen LogP contribution in [-0.2, 0) is 14.2 Å². The maximum atomic E-state index is 12.2. The van der Waals surface area contributed by atoms with Gasteiger partial charge >= 0.3 is 0 Å². The van der Waals surface area contributed by atoms with E-state index < -0.39 is 6.10 Å². The largest absolute Gasteiger partial charge is 0.371 e. The van der Waals surface area contributed by atoms with Crippen molar-refractivity contribution in [3.63, 3.8) is 0 Å². The SMILES string of the molecule is O=C(c1ccccc1)C(OCC1CO1)C1CO1. The van der Waals surface area contributed by atoms with Crippen LogP contribution in [0.3, 0.4) is 0 Å². The van der Waals surface area contributed by atoms with Crippen molar-refractivity contribution in [3.8, 4) is 0 Å². The van der Waals surface area contributed by atoms with Crippen molar-refractivity contribution in [1.29, 1.82) is 0 Å². The van der Waals surface area contributed by atoms with Crippen molar-refractivity contribution in [1.82, 2.24) is 0 Å². The molecule has 3 atom stereocenters. The highest BCUT2D eigenvalue weighted by Crippen LogP contribution is 2.22. The molecule has 0 aliphatic carbocycles. The van der Waals surface area contributed by atoms with Gasteiger partial charge in [0, 0.05) is 5.56 Å². The summed E-state index contributed by atoms with van der Waals surface area (Å²) in [5.74, 6) is -0.00579. The molecule has 4 heteroatoms. The van der Waals surface area contributed by atoms with E-state index in [1.54, 1.807) is 12.1 Å². The Kier molecular flexibility index (Phi) is 2.93. The molecule has 2 aliphatic rings. The number of carbonyl (C=O) groups excluding carboxylic acids is 1. The third-order valence-corrected chi connectivity index (χ3v) is 2.88. The molecule has 0 bridgehead atoms. The summed E-state index contributed by atoms with van der Waals surface area (Å²) in [6.45, 7) is 1.82. The van der Waals surface area contributed by atoms with Gasteiger partial charge in [0.05, 0.1) is 19.8 Å². The van der Waals surface area contributed by atoms with E-state index in [4.69, 9.17) is 14.2 Å². The fraction of sp³-hybridized carbons (Fsp3) is 0.462. The first-order valence-electron chi connectivity index (χ1n) is 5.78. The summed E-state index contributed by atoms with van der Waals surface area (Å²) in [6, 6.07) is 9.19. The molecule has 90 valence electrons. The molecule has 2 aliphatic heterocycles. The number of rotatable bonds is 6. The van der Waals surface area contributed by atoms with Crippen molar-refractivity contribution < 1.29 is 19.0 Å². The van der Waals surface area contributed by atoms with Crippen LogP contribution in [0.4, 0.5) is 0 Å². The van der Waals surface area contributed by atoms with Crippen LogP contribution in [0.2, 0.25) is 0 Å². The summed E-state index contributed by atoms with van der Waals surface area (Å²) in [4.78, 5) is 12.2. The molecule has 2 saturated heterocycles. The second-order valence-corrected chi connectivity index (χ2v) is 4.31. The van der Waals surface area contributed by atoms with E-state index in [0.29, 0.717) is 18.8 Å². The minimum atomic E-state index is -0.485. The number of hydrogen-bond acceptors (Lipinski definition) is 4. The van der Waals surface area contributed by atoms with E-state index in [-0.39, 0.29) is 18.0 Å². The number of benzene rings is 1. The van der Waals surface area contributed by atoms with Gasteiger partial charge in [-0.2, -0.15) is 0 Å². The van der Waals surface area contributed by atoms with Gasteiger partial charge in [-0.25, -0.2) is 0 Å². The first-order chi connectivity index (χ1) is 8.34. The molecule has 2 fully saturated rings. The molecular weight excluding hydrogens is 220 g/mol. The summed E-state index contributed by atoms with van der Waals surface area (Å²) in [6.07, 6.45) is -0.400. The quantitative estimate of drug-likeness (QED) is 0.545. The average molecular weight is 234 g/mol. The van der Waals surface area contributed by atoms with Crippen molar-refractivity contribution in [2.75, 3.05) is 19.8 Å². The van der Waals surface area contributed by atoms with E-state index in [2.05, 4.69) is 0 Å². The molecule has 0 N–H and O–H groups in total. The molecule has 0 saturated carbocycles. The average Bonchev–Trinajstić information content (AvgIpc) is 3.24. The lowest BCUT2D eigenvalue weighted by molar-refractivity contribution is 0.0243. The number of ketones is 1. The van der Waals surface area contributed by atoms with Gasteiger partial charge < -0.3 is 14.2 Å². The minimum Gasteiger partial charge on any atom is -0.371 e. The van der Waals surface area contributed by atoms with Gasteiger partial charge in [0.1, 0.15) is 18.3 Å². The standard InChI is InChI=1S/C13H14O4/c14-12(9-4-2-1-3-5-9)13(11-8-16-11)17-7-10-6-15-10/h1-5,10-11,13H,6-8H2. The van der Waals surface area contributed by atoms with Gasteiger partial charge in [-0.1, -0.05) is 30.3 Å². The molecule has 3 rings (SSSR count). The summed E-state index contributed by atoms with van der Waals surface area (Å²) in [7, 11) is 0. The van der Waals surface area contributed by atoms with Crippen LogP contribution in [0.15, 0.2) is 30.3 Å². The van der Waals surface area contributed by atoms with Crippen LogP contribution in [0.5, 0.6) is 0 Å². The maximum Gasteiger partial charge on any atom is 0.194 e. The normalized spacial score (nSPS) is 27.5. The molecule has 0 spiro atoms. The highest BCUT2D eigenvalue weighted by atomic mass is 16.6. The van der Waals surface area contributed by atoms with Crippen molar-refractivity contribution >= 4 is 5.78 Å². The van der Waals surface area contributed by atoms with Gasteiger partial charge in [-0.05, 0) is 0 Å². The van der Waals surface area contributed by atoms with E-state index in [1.807, 2.05) is 18.2 Å². The Morgan fingerprint density at radius 2 is 2.00 bits per heavy atom. The van der Waals surface area contributed by atoms with Crippen molar-refractivity contribution in [2.24, 2.45) is 0 Å². The van der Waals surface area contributed by atoms with E-state index in [1.165, 1.54) is 0 Å². The van der Waals surface area contributed by atoms with Crippen LogP contribution in [0.1, 0.15) is 10.4 Å². The van der Waals surface area contributed by atoms with E-state index in [9.17, 15) is 4.79 Å². The highest BCUT2D eigenvalue weighted by molar-refractivity contribution is 6.00. The number of ether oxygens (including phenoxy) is 3. The molecule has 3 unspecified atom stereocenters. The Morgan fingerprint density at radius 1 is 1.29 bits per heavy atom. The minimum absolute atomic E-state index is 0.00579. The van der Waals surface area contributed by atoms with Crippen LogP contribution >= 0.6 is 0 Å². The van der Waals surface area contributed by atoms with Gasteiger partial charge in [-0.3, -0.25) is 4.79 Å². The summed E-state index contributed by atoms with van der Waals surface area (Å²) in [5, 5.41) is 0. The first kappa shape index (κ1) is 10.9. The number of Topliss-reactive ketones (excluding diaryl/α,β-unsaturated/α-hetero) is 1. The van der Waals surface area contributed by atoms with Gasteiger partial charge in [0.15, 0.2) is 5.78 Å². The summed E-state index contributed by atoms with van der Waals surface area (Å²) >= 11 is 0. The zero-order valence-corrected chi connectivity index (χ0v) is 9.37. The molecule has 1 aromatic rings. The Bertz CT molecular complexity index is 395. The molecule has 0 aromatic heterocycles. The van der Waals surface area contributed by atoms with Crippen molar-refractivity contribution in [3.05, 3.63) is 35.9 Å². The molecule has 0 radical (unpaired) electrons. The Labute approximate surface area is 99.5 Å². The number of carbonyl (C=O) groups is 1. The van der Waals surface area contributed by atoms with E-state index in [0.717, 1.165) is 6.61 Å². The fourth-order valence-electron chi connectivity index (χ4n) is 1.72. The topological polar surface area (TPSA) is 51.4 Å². The Hall–Kier alpha value is -1.23. The monoisotopic (exact) mass is 234 g/mol. The third kappa shape index (κ3) is 2.72. The molecule has 17 heavy (non-hydrogen) atoms. The Balaban J connectivity index is 1.67. The molecule has 2 heterocycles. The summed E-state index contributed by atoms with van der Waals surface area (Å²) < 4.78 is 15.9. The maximum absolute atomic E-state index is 12.2. The van der Waals surface area contributed by atoms with Gasteiger partial charge in [0.25, 0.3) is 0 Å². The lowest BCUT2D eigenvalue weighted by atomic mass is 10.0. The van der Waals surface area contributed by atoms with E-state index >= 15 is 0 Å². The van der Waals surface area contributed by atoms with Crippen molar-refractivity contribution in [2.45, 2.75) is 18.3 Å². The van der Waals surface area contributed by atoms with Crippen LogP contribution in [0, 0.1) is 0 Å². The zero-order chi connectivity index (χ0) is 11.7. The smallest absolute Gasteiger partial charge is 0.194 e. The van der Waals surface area contributed by atoms with Gasteiger partial charge in [0.2, 0.25) is 0 Å². The fourth-order valence-corrected chi connectivity index (χ4v) is 1.72. The molecule has 1 aromatic carbocycles. The predicted molar refractivity (Wildman–Crippen MR) is 60.0 cm³/mol. The molecule has 4 nitrogen and oxygen atoms in total.